The molecule has 0 radical (unpaired) electrons. The number of aromatic nitrogens is 2. The zero-order valence-electron chi connectivity index (χ0n) is 21.2. The minimum Gasteiger partial charge on any atom is -0.497 e. The fourth-order valence-corrected chi connectivity index (χ4v) is 4.03. The number of benzene rings is 1. The maximum Gasteiger partial charge on any atom is 0.305 e. The Morgan fingerprint density at radius 1 is 1.22 bits per heavy atom. The average Bonchev–Trinajstić information content (AvgIpc) is 3.15. The van der Waals surface area contributed by atoms with Gasteiger partial charge in [-0.15, -0.1) is 5.10 Å². The molecule has 1 saturated heterocycles. The number of carbonyl (C=O) groups is 1. The van der Waals surface area contributed by atoms with Crippen LogP contribution in [0.25, 0.3) is 0 Å². The first-order valence-electron chi connectivity index (χ1n) is 12.0. The molecule has 0 aliphatic carbocycles. The molecule has 36 heavy (non-hydrogen) atoms. The van der Waals surface area contributed by atoms with Gasteiger partial charge in [0.25, 0.3) is 0 Å². The van der Waals surface area contributed by atoms with Crippen LogP contribution in [0.2, 0.25) is 0 Å². The van der Waals surface area contributed by atoms with Crippen LogP contribution in [0, 0.1) is 12.7 Å². The van der Waals surface area contributed by atoms with Crippen molar-refractivity contribution in [3.8, 4) is 11.6 Å². The van der Waals surface area contributed by atoms with Gasteiger partial charge in [-0.2, -0.15) is 0 Å². The van der Waals surface area contributed by atoms with Crippen LogP contribution in [0.15, 0.2) is 18.2 Å². The monoisotopic (exact) mass is 510 g/mol. The predicted molar refractivity (Wildman–Crippen MR) is 126 cm³/mol. The number of nitrogens with zero attached hydrogens (tertiary/aromatic N) is 2. The van der Waals surface area contributed by atoms with Crippen LogP contribution in [0.1, 0.15) is 56.5 Å². The van der Waals surface area contributed by atoms with Gasteiger partial charge in [-0.25, -0.2) is 4.39 Å². The first-order chi connectivity index (χ1) is 17.1. The van der Waals surface area contributed by atoms with Crippen molar-refractivity contribution in [3.63, 3.8) is 0 Å². The van der Waals surface area contributed by atoms with Crippen molar-refractivity contribution >= 4 is 5.97 Å². The number of hydrogen-bond donors (Lipinski definition) is 3. The maximum atomic E-state index is 14.7. The third-order valence-electron chi connectivity index (χ3n) is 6.11. The van der Waals surface area contributed by atoms with Gasteiger partial charge in [-0.3, -0.25) is 9.48 Å². The van der Waals surface area contributed by atoms with Crippen LogP contribution in [0.3, 0.4) is 0 Å². The van der Waals surface area contributed by atoms with Crippen LogP contribution in [0.4, 0.5) is 4.39 Å². The molecule has 0 bridgehead atoms. The summed E-state index contributed by atoms with van der Waals surface area (Å²) in [6.07, 6.45) is -6.36. The fourth-order valence-electron chi connectivity index (χ4n) is 4.03. The molecule has 200 valence electrons. The lowest BCUT2D eigenvalue weighted by atomic mass is 9.99. The van der Waals surface area contributed by atoms with E-state index in [0.717, 1.165) is 5.69 Å². The van der Waals surface area contributed by atoms with Crippen molar-refractivity contribution in [3.05, 3.63) is 40.8 Å². The Bertz CT molecular complexity index is 1040. The highest BCUT2D eigenvalue weighted by Gasteiger charge is 2.46. The highest BCUT2D eigenvalue weighted by Crippen LogP contribution is 2.31. The van der Waals surface area contributed by atoms with E-state index in [2.05, 4.69) is 5.10 Å². The highest BCUT2D eigenvalue weighted by molar-refractivity contribution is 5.69. The van der Waals surface area contributed by atoms with Crippen molar-refractivity contribution in [2.45, 2.75) is 83.7 Å². The molecule has 0 spiro atoms. The van der Waals surface area contributed by atoms with Gasteiger partial charge in [0, 0.05) is 36.2 Å². The van der Waals surface area contributed by atoms with Gasteiger partial charge in [-0.05, 0) is 38.8 Å². The molecule has 1 aliphatic rings. The summed E-state index contributed by atoms with van der Waals surface area (Å²) < 4.78 is 38.2. The fraction of sp³-hybridized carbons (Fsp3) is 0.600. The molecule has 1 aromatic heterocycles. The quantitative estimate of drug-likeness (QED) is 0.411. The third-order valence-corrected chi connectivity index (χ3v) is 6.11. The van der Waals surface area contributed by atoms with Gasteiger partial charge in [0.1, 0.15) is 42.6 Å². The van der Waals surface area contributed by atoms with Gasteiger partial charge in [0.15, 0.2) is 0 Å². The molecule has 5 atom stereocenters. The van der Waals surface area contributed by atoms with Gasteiger partial charge < -0.3 is 34.3 Å². The molecular weight excluding hydrogens is 475 g/mol. The molecule has 0 saturated carbocycles. The molecule has 11 heteroatoms. The smallest absolute Gasteiger partial charge is 0.305 e. The van der Waals surface area contributed by atoms with E-state index in [1.54, 1.807) is 16.8 Å². The lowest BCUT2D eigenvalue weighted by Crippen LogP contribution is -2.60. The Morgan fingerprint density at radius 3 is 2.56 bits per heavy atom. The van der Waals surface area contributed by atoms with Gasteiger partial charge in [-0.1, -0.05) is 13.0 Å². The van der Waals surface area contributed by atoms with Crippen molar-refractivity contribution in [1.29, 1.82) is 0 Å². The molecular formula is C25H35FN2O8. The molecule has 0 amide bonds. The van der Waals surface area contributed by atoms with E-state index in [4.69, 9.17) is 18.9 Å². The second-order valence-electron chi connectivity index (χ2n) is 9.11. The predicted octanol–water partition coefficient (Wildman–Crippen LogP) is 2.04. The van der Waals surface area contributed by atoms with E-state index in [0.29, 0.717) is 23.3 Å². The van der Waals surface area contributed by atoms with Crippen LogP contribution in [-0.2, 0) is 20.7 Å². The topological polar surface area (TPSA) is 132 Å². The Balaban J connectivity index is 1.86. The number of methoxy groups -OCH3 is 1. The van der Waals surface area contributed by atoms with Crippen LogP contribution >= 0.6 is 0 Å². The molecule has 10 nitrogen and oxygen atoms in total. The summed E-state index contributed by atoms with van der Waals surface area (Å²) in [5, 5.41) is 35.7. The number of carbonyl (C=O) groups excluding carboxylic acids is 1. The number of esters is 1. The van der Waals surface area contributed by atoms with Gasteiger partial charge >= 0.3 is 5.97 Å². The molecule has 1 aromatic carbocycles. The Labute approximate surface area is 209 Å². The first kappa shape index (κ1) is 27.9. The van der Waals surface area contributed by atoms with E-state index in [1.165, 1.54) is 13.2 Å². The minimum absolute atomic E-state index is 0.0443. The second-order valence-corrected chi connectivity index (χ2v) is 9.11. The highest BCUT2D eigenvalue weighted by atomic mass is 19.1. The Hall–Kier alpha value is -2.73. The number of aliphatic hydroxyl groups is 3. The number of hydrogen-bond acceptors (Lipinski definition) is 9. The summed E-state index contributed by atoms with van der Waals surface area (Å²) >= 11 is 0. The van der Waals surface area contributed by atoms with E-state index >= 15 is 0 Å². The molecule has 0 unspecified atom stereocenters. The normalized spacial score (nSPS) is 24.1. The molecule has 2 aromatic rings. The average molecular weight is 511 g/mol. The molecule has 1 fully saturated rings. The van der Waals surface area contributed by atoms with Crippen molar-refractivity contribution in [2.75, 3.05) is 13.7 Å². The van der Waals surface area contributed by atoms with Gasteiger partial charge in [0.05, 0.1) is 7.11 Å². The summed E-state index contributed by atoms with van der Waals surface area (Å²) in [6, 6.07) is 4.50. The summed E-state index contributed by atoms with van der Waals surface area (Å²) in [5.74, 6) is -0.454. The lowest BCUT2D eigenvalue weighted by Gasteiger charge is -2.39. The maximum absolute atomic E-state index is 14.7. The number of rotatable bonds is 10. The van der Waals surface area contributed by atoms with Crippen molar-refractivity contribution in [1.82, 2.24) is 9.78 Å². The minimum atomic E-state index is -1.62. The van der Waals surface area contributed by atoms with Crippen LogP contribution in [0.5, 0.6) is 11.6 Å². The largest absolute Gasteiger partial charge is 0.497 e. The van der Waals surface area contributed by atoms with E-state index < -0.39 is 42.5 Å². The molecule has 3 N–H and O–H groups in total. The van der Waals surface area contributed by atoms with Crippen LogP contribution < -0.4 is 9.47 Å². The van der Waals surface area contributed by atoms with E-state index in [-0.39, 0.29) is 31.4 Å². The zero-order valence-corrected chi connectivity index (χ0v) is 21.2. The number of halogens is 1. The second kappa shape index (κ2) is 12.0. The van der Waals surface area contributed by atoms with Crippen molar-refractivity contribution < 1.29 is 43.5 Å². The SMILES string of the molecule is CCCC(=O)OC[C@H]1O[C@@H](Oc2nn(C(C)C)c(C)c2Cc2ccc(OC)cc2F)[C@H](O)[C@@H](O)[C@@H]1O. The zero-order chi connectivity index (χ0) is 26.6. The third kappa shape index (κ3) is 6.15. The number of aliphatic hydroxyl groups excluding tert-OH is 3. The molecule has 2 heterocycles. The summed E-state index contributed by atoms with van der Waals surface area (Å²) in [5.41, 5.74) is 1.68. The molecule has 1 aliphatic heterocycles. The van der Waals surface area contributed by atoms with Crippen LogP contribution in [-0.4, -0.2) is 75.5 Å². The Kier molecular flexibility index (Phi) is 9.29. The van der Waals surface area contributed by atoms with Gasteiger partial charge in [0.2, 0.25) is 12.2 Å². The summed E-state index contributed by atoms with van der Waals surface area (Å²) in [7, 11) is 1.45. The standard InChI is InChI=1S/C25H35FN2O8/c1-6-7-20(29)34-12-19-21(30)22(31)23(32)25(35-19)36-24-17(14(4)28(27-24)13(2)3)10-15-8-9-16(33-5)11-18(15)26/h8-9,11,13,19,21-23,25,30-32H,6-7,10,12H2,1-5H3/t19-,21-,22+,23-,25+/m1/s1. The Morgan fingerprint density at radius 2 is 1.94 bits per heavy atom. The lowest BCUT2D eigenvalue weighted by molar-refractivity contribution is -0.279. The number of ether oxygens (including phenoxy) is 4. The summed E-state index contributed by atoms with van der Waals surface area (Å²) in [4.78, 5) is 11.7. The van der Waals surface area contributed by atoms with E-state index in [9.17, 15) is 24.5 Å². The molecule has 3 rings (SSSR count). The van der Waals surface area contributed by atoms with E-state index in [1.807, 2.05) is 27.7 Å². The van der Waals surface area contributed by atoms with Crippen molar-refractivity contribution in [2.24, 2.45) is 0 Å². The first-order valence-corrected chi connectivity index (χ1v) is 12.0. The summed E-state index contributed by atoms with van der Waals surface area (Å²) in [6.45, 7) is 7.17.